The highest BCUT2D eigenvalue weighted by atomic mass is 16.4. The zero-order chi connectivity index (χ0) is 12.4. The fourth-order valence-electron chi connectivity index (χ4n) is 1.76. The van der Waals surface area contributed by atoms with E-state index < -0.39 is 5.97 Å². The van der Waals surface area contributed by atoms with Crippen LogP contribution in [0.5, 0.6) is 0 Å². The summed E-state index contributed by atoms with van der Waals surface area (Å²) < 4.78 is 1.76. The molecule has 0 aliphatic rings. The molecule has 0 amide bonds. The van der Waals surface area contributed by atoms with Crippen molar-refractivity contribution in [2.75, 3.05) is 0 Å². The van der Waals surface area contributed by atoms with Crippen LogP contribution in [0.3, 0.4) is 0 Å². The number of carboxylic acids is 1. The molecule has 0 saturated carbocycles. The van der Waals surface area contributed by atoms with E-state index in [0.29, 0.717) is 24.2 Å². The number of imidazole rings is 1. The monoisotopic (exact) mass is 232 g/mol. The van der Waals surface area contributed by atoms with Gasteiger partial charge in [-0.05, 0) is 24.6 Å². The predicted molar refractivity (Wildman–Crippen MR) is 61.3 cm³/mol. The molecule has 0 unspecified atom stereocenters. The third kappa shape index (κ3) is 2.18. The number of aryl methyl sites for hydroxylation is 2. The van der Waals surface area contributed by atoms with Crippen molar-refractivity contribution in [3.63, 3.8) is 0 Å². The Kier molecular flexibility index (Phi) is 2.91. The number of aromatic nitrogens is 2. The minimum Gasteiger partial charge on any atom is -0.481 e. The number of aldehydes is 1. The van der Waals surface area contributed by atoms with Crippen LogP contribution in [0.15, 0.2) is 18.3 Å². The van der Waals surface area contributed by atoms with E-state index in [2.05, 4.69) is 4.98 Å². The van der Waals surface area contributed by atoms with Gasteiger partial charge >= 0.3 is 5.97 Å². The number of fused-ring (bicyclic) bond motifs is 1. The molecule has 5 heteroatoms. The minimum atomic E-state index is -0.874. The van der Waals surface area contributed by atoms with E-state index in [1.807, 2.05) is 25.3 Å². The zero-order valence-electron chi connectivity index (χ0n) is 9.38. The van der Waals surface area contributed by atoms with Crippen LogP contribution in [0.4, 0.5) is 0 Å². The topological polar surface area (TPSA) is 71.7 Å². The Morgan fingerprint density at radius 1 is 1.59 bits per heavy atom. The van der Waals surface area contributed by atoms with Crippen molar-refractivity contribution in [1.29, 1.82) is 0 Å². The van der Waals surface area contributed by atoms with E-state index >= 15 is 0 Å². The molecule has 2 aromatic rings. The summed E-state index contributed by atoms with van der Waals surface area (Å²) in [5.41, 5.74) is 2.11. The largest absolute Gasteiger partial charge is 0.481 e. The molecule has 0 aromatic carbocycles. The van der Waals surface area contributed by atoms with Gasteiger partial charge in [0.15, 0.2) is 6.29 Å². The van der Waals surface area contributed by atoms with E-state index in [1.54, 1.807) is 4.40 Å². The van der Waals surface area contributed by atoms with E-state index in [1.165, 1.54) is 0 Å². The number of aliphatic carboxylic acids is 1. The second-order valence-electron chi connectivity index (χ2n) is 3.88. The predicted octanol–water partition coefficient (Wildman–Crippen LogP) is 1.47. The fourth-order valence-corrected chi connectivity index (χ4v) is 1.76. The van der Waals surface area contributed by atoms with Crippen molar-refractivity contribution in [3.8, 4) is 0 Å². The molecule has 1 N–H and O–H groups in total. The Hall–Kier alpha value is -2.17. The number of nitrogens with zero attached hydrogens (tertiary/aromatic N) is 2. The number of carbonyl (C=O) groups excluding carboxylic acids is 1. The van der Waals surface area contributed by atoms with Crippen LogP contribution >= 0.6 is 0 Å². The summed E-state index contributed by atoms with van der Waals surface area (Å²) in [4.78, 5) is 25.6. The van der Waals surface area contributed by atoms with Gasteiger partial charge in [0.05, 0.1) is 11.9 Å². The lowest BCUT2D eigenvalue weighted by molar-refractivity contribution is -0.137. The van der Waals surface area contributed by atoms with Crippen LogP contribution < -0.4 is 0 Å². The van der Waals surface area contributed by atoms with E-state index in [0.717, 1.165) is 11.1 Å². The van der Waals surface area contributed by atoms with Gasteiger partial charge < -0.3 is 9.51 Å². The molecule has 0 saturated heterocycles. The van der Waals surface area contributed by atoms with Gasteiger partial charge in [0.1, 0.15) is 11.5 Å². The number of hydrogen-bond acceptors (Lipinski definition) is 3. The normalized spacial score (nSPS) is 10.6. The van der Waals surface area contributed by atoms with Crippen LogP contribution in [0, 0.1) is 6.92 Å². The van der Waals surface area contributed by atoms with Gasteiger partial charge in [-0.15, -0.1) is 0 Å². The Morgan fingerprint density at radius 3 is 3.00 bits per heavy atom. The number of carbonyl (C=O) groups is 2. The smallest absolute Gasteiger partial charge is 0.303 e. The maximum absolute atomic E-state index is 10.9. The summed E-state index contributed by atoms with van der Waals surface area (Å²) >= 11 is 0. The van der Waals surface area contributed by atoms with Crippen LogP contribution in [-0.2, 0) is 11.2 Å². The number of pyridine rings is 1. The molecule has 0 fully saturated rings. The number of hydrogen-bond donors (Lipinski definition) is 1. The Labute approximate surface area is 97.7 Å². The van der Waals surface area contributed by atoms with Gasteiger partial charge in [0.2, 0.25) is 0 Å². The molecule has 0 aliphatic heterocycles. The Bertz CT molecular complexity index is 587. The summed E-state index contributed by atoms with van der Waals surface area (Å²) in [5.74, 6) is -0.272. The highest BCUT2D eigenvalue weighted by Crippen LogP contribution is 2.14. The summed E-state index contributed by atoms with van der Waals surface area (Å²) in [6, 6.07) is 3.76. The molecule has 0 spiro atoms. The van der Waals surface area contributed by atoms with Crippen molar-refractivity contribution in [2.24, 2.45) is 0 Å². The highest BCUT2D eigenvalue weighted by molar-refractivity contribution is 5.84. The molecule has 0 aliphatic carbocycles. The standard InChI is InChI=1S/C12H12N2O3/c1-8-4-5-14-10(6-8)9(7-15)13-11(14)2-3-12(16)17/h4-7H,2-3H2,1H3,(H,16,17). The number of rotatable bonds is 4. The van der Waals surface area contributed by atoms with Crippen molar-refractivity contribution >= 4 is 17.8 Å². The van der Waals surface area contributed by atoms with Crippen LogP contribution in [0.25, 0.3) is 5.52 Å². The minimum absolute atomic E-state index is 0.00524. The molecule has 5 nitrogen and oxygen atoms in total. The zero-order valence-corrected chi connectivity index (χ0v) is 9.38. The van der Waals surface area contributed by atoms with Crippen molar-refractivity contribution in [2.45, 2.75) is 19.8 Å². The molecule has 0 radical (unpaired) electrons. The molecule has 0 bridgehead atoms. The summed E-state index contributed by atoms with van der Waals surface area (Å²) in [6.07, 6.45) is 2.82. The maximum atomic E-state index is 10.9. The quantitative estimate of drug-likeness (QED) is 0.810. The molecule has 2 heterocycles. The Balaban J connectivity index is 2.49. The van der Waals surface area contributed by atoms with Gasteiger partial charge in [0, 0.05) is 12.6 Å². The molecular weight excluding hydrogens is 220 g/mol. The Morgan fingerprint density at radius 2 is 2.35 bits per heavy atom. The lowest BCUT2D eigenvalue weighted by Gasteiger charge is -2.00. The molecule has 2 aromatic heterocycles. The van der Waals surface area contributed by atoms with Crippen molar-refractivity contribution < 1.29 is 14.7 Å². The lowest BCUT2D eigenvalue weighted by atomic mass is 10.2. The van der Waals surface area contributed by atoms with E-state index in [-0.39, 0.29) is 6.42 Å². The first kappa shape index (κ1) is 11.3. The summed E-state index contributed by atoms with van der Waals surface area (Å²) in [7, 11) is 0. The van der Waals surface area contributed by atoms with Gasteiger partial charge in [-0.2, -0.15) is 0 Å². The first-order chi connectivity index (χ1) is 8.11. The van der Waals surface area contributed by atoms with Gasteiger partial charge in [-0.3, -0.25) is 9.59 Å². The van der Waals surface area contributed by atoms with E-state index in [9.17, 15) is 9.59 Å². The average molecular weight is 232 g/mol. The van der Waals surface area contributed by atoms with Gasteiger partial charge in [-0.25, -0.2) is 4.98 Å². The molecule has 2 rings (SSSR count). The molecule has 88 valence electrons. The second kappa shape index (κ2) is 4.37. The van der Waals surface area contributed by atoms with E-state index in [4.69, 9.17) is 5.11 Å². The van der Waals surface area contributed by atoms with Crippen LogP contribution in [0.1, 0.15) is 28.3 Å². The second-order valence-corrected chi connectivity index (χ2v) is 3.88. The first-order valence-corrected chi connectivity index (χ1v) is 5.26. The third-order valence-electron chi connectivity index (χ3n) is 2.57. The van der Waals surface area contributed by atoms with Crippen molar-refractivity contribution in [3.05, 3.63) is 35.4 Å². The molecular formula is C12H12N2O3. The summed E-state index contributed by atoms with van der Waals surface area (Å²) in [6.45, 7) is 1.93. The fraction of sp³-hybridized carbons (Fsp3) is 0.250. The maximum Gasteiger partial charge on any atom is 0.303 e. The number of carboxylic acid groups (broad SMARTS) is 1. The van der Waals surface area contributed by atoms with Crippen molar-refractivity contribution in [1.82, 2.24) is 9.38 Å². The summed E-state index contributed by atoms with van der Waals surface area (Å²) in [5, 5.41) is 8.65. The SMILES string of the molecule is Cc1ccn2c(CCC(=O)O)nc(C=O)c2c1. The third-order valence-corrected chi connectivity index (χ3v) is 2.57. The molecule has 0 atom stereocenters. The van der Waals surface area contributed by atoms with Crippen LogP contribution in [-0.4, -0.2) is 26.7 Å². The first-order valence-electron chi connectivity index (χ1n) is 5.26. The molecule has 17 heavy (non-hydrogen) atoms. The van der Waals surface area contributed by atoms with Crippen LogP contribution in [0.2, 0.25) is 0 Å². The lowest BCUT2D eigenvalue weighted by Crippen LogP contribution is -2.01. The highest BCUT2D eigenvalue weighted by Gasteiger charge is 2.11. The van der Waals surface area contributed by atoms with Gasteiger partial charge in [-0.1, -0.05) is 0 Å². The van der Waals surface area contributed by atoms with Gasteiger partial charge in [0.25, 0.3) is 0 Å². The average Bonchev–Trinajstić information content (AvgIpc) is 2.63.